The molecule has 17 heavy (non-hydrogen) atoms. The van der Waals surface area contributed by atoms with Gasteiger partial charge >= 0.3 is 0 Å². The van der Waals surface area contributed by atoms with E-state index in [1.165, 1.54) is 38.5 Å². The standard InChI is InChI=1S/C13H24ClNO2/c1-17-10-12(9-14)15-13(16)8-11-6-4-2-3-5-7-11/h11-12H,2-10H2,1H3,(H,15,16). The highest BCUT2D eigenvalue weighted by Crippen LogP contribution is 2.25. The predicted molar refractivity (Wildman–Crippen MR) is 70.3 cm³/mol. The first-order valence-corrected chi connectivity index (χ1v) is 7.14. The lowest BCUT2D eigenvalue weighted by atomic mass is 9.96. The number of alkyl halides is 1. The molecule has 1 unspecified atom stereocenters. The van der Waals surface area contributed by atoms with Gasteiger partial charge in [-0.15, -0.1) is 11.6 Å². The summed E-state index contributed by atoms with van der Waals surface area (Å²) < 4.78 is 5.01. The number of hydrogen-bond donors (Lipinski definition) is 1. The van der Waals surface area contributed by atoms with Crippen LogP contribution in [0.25, 0.3) is 0 Å². The molecule has 1 rings (SSSR count). The van der Waals surface area contributed by atoms with Crippen molar-refractivity contribution in [2.75, 3.05) is 19.6 Å². The van der Waals surface area contributed by atoms with Crippen LogP contribution in [0.3, 0.4) is 0 Å². The lowest BCUT2D eigenvalue weighted by molar-refractivity contribution is -0.123. The monoisotopic (exact) mass is 261 g/mol. The maximum absolute atomic E-state index is 11.8. The first kappa shape index (κ1) is 14.8. The summed E-state index contributed by atoms with van der Waals surface area (Å²) in [4.78, 5) is 11.8. The van der Waals surface area contributed by atoms with Crippen molar-refractivity contribution < 1.29 is 9.53 Å². The second kappa shape index (κ2) is 8.76. The molecule has 1 atom stereocenters. The predicted octanol–water partition coefficient (Wildman–Crippen LogP) is 2.72. The van der Waals surface area contributed by atoms with Gasteiger partial charge in [0.15, 0.2) is 0 Å². The van der Waals surface area contributed by atoms with Crippen molar-refractivity contribution in [1.29, 1.82) is 0 Å². The normalized spacial score (nSPS) is 19.6. The molecule has 1 fully saturated rings. The Labute approximate surface area is 109 Å². The number of hydrogen-bond acceptors (Lipinski definition) is 2. The van der Waals surface area contributed by atoms with Crippen LogP contribution in [0.15, 0.2) is 0 Å². The zero-order valence-corrected chi connectivity index (χ0v) is 11.5. The third-order valence-corrected chi connectivity index (χ3v) is 3.74. The van der Waals surface area contributed by atoms with E-state index in [0.717, 1.165) is 0 Å². The Morgan fingerprint density at radius 3 is 2.53 bits per heavy atom. The van der Waals surface area contributed by atoms with Gasteiger partial charge in [0.1, 0.15) is 0 Å². The fourth-order valence-corrected chi connectivity index (χ4v) is 2.61. The molecule has 0 heterocycles. The van der Waals surface area contributed by atoms with Crippen LogP contribution in [0.5, 0.6) is 0 Å². The molecule has 100 valence electrons. The maximum Gasteiger partial charge on any atom is 0.220 e. The molecule has 0 aromatic carbocycles. The SMILES string of the molecule is COCC(CCl)NC(=O)CC1CCCCCC1. The van der Waals surface area contributed by atoms with E-state index < -0.39 is 0 Å². The zero-order chi connectivity index (χ0) is 12.5. The highest BCUT2D eigenvalue weighted by atomic mass is 35.5. The molecule has 4 heteroatoms. The fourth-order valence-electron chi connectivity index (χ4n) is 2.44. The third-order valence-electron chi connectivity index (χ3n) is 3.37. The summed E-state index contributed by atoms with van der Waals surface area (Å²) in [5.74, 6) is 1.10. The van der Waals surface area contributed by atoms with Gasteiger partial charge in [0.05, 0.1) is 12.6 Å². The fraction of sp³-hybridized carbons (Fsp3) is 0.923. The summed E-state index contributed by atoms with van der Waals surface area (Å²) >= 11 is 5.76. The molecule has 0 radical (unpaired) electrons. The highest BCUT2D eigenvalue weighted by Gasteiger charge is 2.18. The molecule has 0 spiro atoms. The zero-order valence-electron chi connectivity index (χ0n) is 10.7. The van der Waals surface area contributed by atoms with E-state index in [-0.39, 0.29) is 11.9 Å². The number of rotatable bonds is 6. The molecule has 1 amide bonds. The van der Waals surface area contributed by atoms with Gasteiger partial charge in [-0.3, -0.25) is 4.79 Å². The maximum atomic E-state index is 11.8. The van der Waals surface area contributed by atoms with Crippen LogP contribution in [0, 0.1) is 5.92 Å². The Balaban J connectivity index is 2.26. The Kier molecular flexibility index (Phi) is 7.62. The first-order chi connectivity index (χ1) is 8.26. The first-order valence-electron chi connectivity index (χ1n) is 6.60. The summed E-state index contributed by atoms with van der Waals surface area (Å²) in [5.41, 5.74) is 0. The van der Waals surface area contributed by atoms with Gasteiger partial charge in [0.2, 0.25) is 5.91 Å². The number of amides is 1. The third kappa shape index (κ3) is 6.27. The van der Waals surface area contributed by atoms with Gasteiger partial charge in [-0.25, -0.2) is 0 Å². The van der Waals surface area contributed by atoms with Gasteiger partial charge < -0.3 is 10.1 Å². The van der Waals surface area contributed by atoms with E-state index in [2.05, 4.69) is 5.32 Å². The minimum Gasteiger partial charge on any atom is -0.383 e. The molecule has 0 bridgehead atoms. The van der Waals surface area contributed by atoms with E-state index in [4.69, 9.17) is 16.3 Å². The number of nitrogens with one attached hydrogen (secondary N) is 1. The van der Waals surface area contributed by atoms with E-state index >= 15 is 0 Å². The van der Waals surface area contributed by atoms with Gasteiger partial charge in [-0.05, 0) is 18.8 Å². The van der Waals surface area contributed by atoms with Crippen molar-refractivity contribution in [2.24, 2.45) is 5.92 Å². The van der Waals surface area contributed by atoms with Crippen molar-refractivity contribution in [2.45, 2.75) is 51.0 Å². The number of halogens is 1. The van der Waals surface area contributed by atoms with E-state index in [1.807, 2.05) is 0 Å². The summed E-state index contributed by atoms with van der Waals surface area (Å²) in [7, 11) is 1.62. The minimum absolute atomic E-state index is 0.0556. The number of ether oxygens (including phenoxy) is 1. The average Bonchev–Trinajstić information content (AvgIpc) is 2.57. The second-order valence-corrected chi connectivity index (χ2v) is 5.24. The molecule has 1 saturated carbocycles. The number of methoxy groups -OCH3 is 1. The molecule has 0 aromatic heterocycles. The smallest absolute Gasteiger partial charge is 0.220 e. The van der Waals surface area contributed by atoms with Gasteiger partial charge in [0, 0.05) is 19.4 Å². The number of carbonyl (C=O) groups is 1. The van der Waals surface area contributed by atoms with Gasteiger partial charge in [-0.1, -0.05) is 25.7 Å². The molecule has 1 aliphatic carbocycles. The van der Waals surface area contributed by atoms with Crippen molar-refractivity contribution in [1.82, 2.24) is 5.32 Å². The van der Waals surface area contributed by atoms with E-state index in [0.29, 0.717) is 24.8 Å². The molecule has 0 aliphatic heterocycles. The van der Waals surface area contributed by atoms with Crippen LogP contribution < -0.4 is 5.32 Å². The van der Waals surface area contributed by atoms with Crippen LogP contribution in [-0.4, -0.2) is 31.5 Å². The van der Waals surface area contributed by atoms with E-state index in [9.17, 15) is 4.79 Å². The molecule has 3 nitrogen and oxygen atoms in total. The van der Waals surface area contributed by atoms with Crippen LogP contribution >= 0.6 is 11.6 Å². The minimum atomic E-state index is -0.0556. The van der Waals surface area contributed by atoms with Gasteiger partial charge in [0.25, 0.3) is 0 Å². The average molecular weight is 262 g/mol. The highest BCUT2D eigenvalue weighted by molar-refractivity contribution is 6.18. The van der Waals surface area contributed by atoms with Crippen LogP contribution in [0.1, 0.15) is 44.9 Å². The van der Waals surface area contributed by atoms with Crippen molar-refractivity contribution in [3.8, 4) is 0 Å². The summed E-state index contributed by atoms with van der Waals surface area (Å²) in [6.45, 7) is 0.486. The van der Waals surface area contributed by atoms with Gasteiger partial charge in [-0.2, -0.15) is 0 Å². The number of carbonyl (C=O) groups excluding carboxylic acids is 1. The van der Waals surface area contributed by atoms with Crippen molar-refractivity contribution in [3.05, 3.63) is 0 Å². The molecule has 1 N–H and O–H groups in total. The summed E-state index contributed by atoms with van der Waals surface area (Å²) in [6, 6.07) is -0.0556. The Morgan fingerprint density at radius 2 is 2.00 bits per heavy atom. The summed E-state index contributed by atoms with van der Waals surface area (Å²) in [5, 5.41) is 2.94. The lowest BCUT2D eigenvalue weighted by Gasteiger charge is -2.18. The lowest BCUT2D eigenvalue weighted by Crippen LogP contribution is -2.40. The molecule has 0 aromatic rings. The Morgan fingerprint density at radius 1 is 1.35 bits per heavy atom. The molecular formula is C13H24ClNO2. The van der Waals surface area contributed by atoms with Crippen LogP contribution in [-0.2, 0) is 9.53 Å². The second-order valence-electron chi connectivity index (χ2n) is 4.94. The van der Waals surface area contributed by atoms with E-state index in [1.54, 1.807) is 7.11 Å². The topological polar surface area (TPSA) is 38.3 Å². The largest absolute Gasteiger partial charge is 0.383 e. The molecule has 0 saturated heterocycles. The summed E-state index contributed by atoms with van der Waals surface area (Å²) in [6.07, 6.45) is 8.24. The van der Waals surface area contributed by atoms with Crippen LogP contribution in [0.4, 0.5) is 0 Å². The molecule has 1 aliphatic rings. The van der Waals surface area contributed by atoms with Crippen molar-refractivity contribution in [3.63, 3.8) is 0 Å². The quantitative estimate of drug-likeness (QED) is 0.590. The van der Waals surface area contributed by atoms with Crippen LogP contribution in [0.2, 0.25) is 0 Å². The Hall–Kier alpha value is -0.280. The Bertz CT molecular complexity index is 215. The molecular weight excluding hydrogens is 238 g/mol. The van der Waals surface area contributed by atoms with Crippen molar-refractivity contribution >= 4 is 17.5 Å².